The van der Waals surface area contributed by atoms with E-state index in [2.05, 4.69) is 9.72 Å². The normalized spacial score (nSPS) is 19.6. The van der Waals surface area contributed by atoms with E-state index in [0.29, 0.717) is 12.1 Å². The van der Waals surface area contributed by atoms with Gasteiger partial charge in [-0.25, -0.2) is 13.4 Å². The van der Waals surface area contributed by atoms with Gasteiger partial charge in [0.05, 0.1) is 18.2 Å². The minimum absolute atomic E-state index is 0.0775. The molecule has 0 N–H and O–H groups in total. The number of sulfone groups is 1. The zero-order valence-corrected chi connectivity index (χ0v) is 18.9. The lowest BCUT2D eigenvalue weighted by Crippen LogP contribution is -2.41. The van der Waals surface area contributed by atoms with E-state index in [1.165, 1.54) is 12.1 Å². The van der Waals surface area contributed by atoms with Gasteiger partial charge in [-0.3, -0.25) is 4.79 Å². The standard InChI is InChI=1S/C19H16F8N2O4S2/c20-19(21,22)33-17-9-14(5-7-28-17)11-29(15-6-8-34(31,32)12-15)18(30)10-13-1-3-16(4-2-13)35(23,24,25,26)27/h1-9,15H,10-12H2. The number of halogens is 8. The molecule has 0 saturated carbocycles. The van der Waals surface area contributed by atoms with Crippen molar-refractivity contribution in [2.75, 3.05) is 5.75 Å². The van der Waals surface area contributed by atoms with Crippen molar-refractivity contribution >= 4 is 26.0 Å². The van der Waals surface area contributed by atoms with Crippen LogP contribution in [0.3, 0.4) is 0 Å². The van der Waals surface area contributed by atoms with Gasteiger partial charge >= 0.3 is 16.6 Å². The number of hydrogen-bond donors (Lipinski definition) is 0. The Kier molecular flexibility index (Phi) is 6.17. The number of pyridine rings is 1. The van der Waals surface area contributed by atoms with Crippen molar-refractivity contribution in [2.24, 2.45) is 0 Å². The molecule has 0 spiro atoms. The molecule has 0 aliphatic carbocycles. The van der Waals surface area contributed by atoms with Gasteiger partial charge in [-0.05, 0) is 35.4 Å². The maximum Gasteiger partial charge on any atom is 0.574 e. The lowest BCUT2D eigenvalue weighted by atomic mass is 10.1. The maximum atomic E-state index is 12.9. The number of amides is 1. The zero-order chi connectivity index (χ0) is 26.3. The summed E-state index contributed by atoms with van der Waals surface area (Å²) < 4.78 is 129. The van der Waals surface area contributed by atoms with Crippen molar-refractivity contribution in [2.45, 2.75) is 30.3 Å². The molecular formula is C19H16F8N2O4S2. The van der Waals surface area contributed by atoms with Crippen LogP contribution in [0.25, 0.3) is 0 Å². The van der Waals surface area contributed by atoms with Crippen LogP contribution in [0.5, 0.6) is 5.88 Å². The molecule has 1 unspecified atom stereocenters. The van der Waals surface area contributed by atoms with E-state index >= 15 is 0 Å². The molecule has 1 amide bonds. The number of carbonyl (C=O) groups is 1. The molecule has 0 bridgehead atoms. The quantitative estimate of drug-likeness (QED) is 0.423. The maximum absolute atomic E-state index is 12.9. The first-order valence-corrected chi connectivity index (χ1v) is 13.1. The van der Waals surface area contributed by atoms with Crippen LogP contribution in [0.2, 0.25) is 0 Å². The van der Waals surface area contributed by atoms with Crippen LogP contribution in [0.15, 0.2) is 59.0 Å². The molecule has 1 aliphatic heterocycles. The van der Waals surface area contributed by atoms with Crippen LogP contribution in [0.4, 0.5) is 32.6 Å². The summed E-state index contributed by atoms with van der Waals surface area (Å²) in [5, 5.41) is 0.853. The number of alkyl halides is 3. The summed E-state index contributed by atoms with van der Waals surface area (Å²) in [5.74, 6) is -2.17. The van der Waals surface area contributed by atoms with E-state index in [-0.39, 0.29) is 23.3 Å². The summed E-state index contributed by atoms with van der Waals surface area (Å²) >= 11 is 0. The molecule has 3 rings (SSSR count). The molecule has 1 atom stereocenters. The minimum atomic E-state index is -9.91. The molecule has 0 radical (unpaired) electrons. The Morgan fingerprint density at radius 1 is 1.06 bits per heavy atom. The first-order valence-electron chi connectivity index (χ1n) is 9.45. The molecule has 2 heterocycles. The molecular weight excluding hydrogens is 536 g/mol. The highest BCUT2D eigenvalue weighted by molar-refractivity contribution is 8.45. The number of aromatic nitrogens is 1. The molecule has 194 valence electrons. The first kappa shape index (κ1) is 26.7. The SMILES string of the molecule is O=C(Cc1ccc(S(F)(F)(F)(F)F)cc1)N(Cc1ccnc(OC(F)(F)F)c1)C1C=CS(=O)(=O)C1. The summed E-state index contributed by atoms with van der Waals surface area (Å²) in [5.41, 5.74) is 0.00724. The van der Waals surface area contributed by atoms with Gasteiger partial charge in [0.25, 0.3) is 0 Å². The van der Waals surface area contributed by atoms with E-state index in [1.807, 2.05) is 0 Å². The Morgan fingerprint density at radius 2 is 1.69 bits per heavy atom. The van der Waals surface area contributed by atoms with Crippen LogP contribution in [-0.4, -0.2) is 42.4 Å². The fraction of sp³-hybridized carbons (Fsp3) is 0.263. The van der Waals surface area contributed by atoms with Gasteiger partial charge in [0.2, 0.25) is 11.8 Å². The zero-order valence-electron chi connectivity index (χ0n) is 17.3. The van der Waals surface area contributed by atoms with Crippen molar-refractivity contribution < 1.29 is 50.5 Å². The molecule has 0 fully saturated rings. The van der Waals surface area contributed by atoms with E-state index < -0.39 is 67.9 Å². The number of nitrogens with zero attached hydrogens (tertiary/aromatic N) is 2. The minimum Gasteiger partial charge on any atom is -0.388 e. The lowest BCUT2D eigenvalue weighted by molar-refractivity contribution is -0.276. The summed E-state index contributed by atoms with van der Waals surface area (Å²) in [6.45, 7) is -0.399. The molecule has 0 saturated heterocycles. The Morgan fingerprint density at radius 3 is 2.20 bits per heavy atom. The van der Waals surface area contributed by atoms with Gasteiger partial charge in [-0.1, -0.05) is 31.6 Å². The van der Waals surface area contributed by atoms with Crippen LogP contribution in [0, 0.1) is 0 Å². The van der Waals surface area contributed by atoms with E-state index in [0.717, 1.165) is 22.6 Å². The number of ether oxygens (including phenoxy) is 1. The van der Waals surface area contributed by atoms with Gasteiger partial charge < -0.3 is 9.64 Å². The third-order valence-corrected chi connectivity index (χ3v) is 7.27. The topological polar surface area (TPSA) is 76.6 Å². The van der Waals surface area contributed by atoms with Crippen molar-refractivity contribution in [3.05, 3.63) is 65.2 Å². The highest BCUT2D eigenvalue weighted by Gasteiger charge is 2.65. The highest BCUT2D eigenvalue weighted by Crippen LogP contribution is 3.02. The molecule has 1 aromatic carbocycles. The molecule has 1 aliphatic rings. The number of benzene rings is 1. The second-order valence-corrected chi connectivity index (χ2v) is 11.9. The van der Waals surface area contributed by atoms with Crippen LogP contribution in [0.1, 0.15) is 11.1 Å². The largest absolute Gasteiger partial charge is 0.574 e. The van der Waals surface area contributed by atoms with Gasteiger partial charge in [-0.15, -0.1) is 13.2 Å². The van der Waals surface area contributed by atoms with Crippen LogP contribution < -0.4 is 4.74 Å². The Labute approximate surface area is 193 Å². The predicted octanol–water partition coefficient (Wildman–Crippen LogP) is 5.52. The van der Waals surface area contributed by atoms with Crippen molar-refractivity contribution in [1.82, 2.24) is 9.88 Å². The fourth-order valence-corrected chi connectivity index (χ4v) is 5.15. The Bertz CT molecular complexity index is 1260. The van der Waals surface area contributed by atoms with Gasteiger partial charge in [-0.2, -0.15) is 0 Å². The molecule has 6 nitrogen and oxygen atoms in total. The second-order valence-electron chi connectivity index (χ2n) is 7.59. The highest BCUT2D eigenvalue weighted by atomic mass is 32.5. The van der Waals surface area contributed by atoms with Gasteiger partial charge in [0.1, 0.15) is 4.90 Å². The molecule has 2 aromatic rings. The summed E-state index contributed by atoms with van der Waals surface area (Å²) in [4.78, 5) is 15.2. The van der Waals surface area contributed by atoms with E-state index in [1.54, 1.807) is 0 Å². The number of carbonyl (C=O) groups excluding carboxylic acids is 1. The number of hydrogen-bond acceptors (Lipinski definition) is 5. The summed E-state index contributed by atoms with van der Waals surface area (Å²) in [6.07, 6.45) is -3.48. The van der Waals surface area contributed by atoms with Crippen molar-refractivity contribution in [3.63, 3.8) is 0 Å². The van der Waals surface area contributed by atoms with Crippen LogP contribution in [-0.2, 0) is 27.6 Å². The predicted molar refractivity (Wildman–Crippen MR) is 110 cm³/mol. The monoisotopic (exact) mass is 552 g/mol. The lowest BCUT2D eigenvalue weighted by Gasteiger charge is -2.40. The second kappa shape index (κ2) is 8.08. The number of rotatable bonds is 7. The summed E-state index contributed by atoms with van der Waals surface area (Å²) in [6, 6.07) is 2.75. The Hall–Kier alpha value is -2.88. The van der Waals surface area contributed by atoms with E-state index in [9.17, 15) is 45.8 Å². The fourth-order valence-electron chi connectivity index (χ4n) is 3.20. The van der Waals surface area contributed by atoms with Crippen molar-refractivity contribution in [1.29, 1.82) is 0 Å². The van der Waals surface area contributed by atoms with Gasteiger partial charge in [0, 0.05) is 24.2 Å². The smallest absolute Gasteiger partial charge is 0.388 e. The van der Waals surface area contributed by atoms with E-state index in [4.69, 9.17) is 0 Å². The average molecular weight is 552 g/mol. The third kappa shape index (κ3) is 7.55. The molecule has 16 heteroatoms. The van der Waals surface area contributed by atoms with Crippen LogP contribution >= 0.6 is 10.2 Å². The molecule has 35 heavy (non-hydrogen) atoms. The summed E-state index contributed by atoms with van der Waals surface area (Å²) in [7, 11) is -13.6. The molecule has 1 aromatic heterocycles. The first-order chi connectivity index (χ1) is 15.7. The van der Waals surface area contributed by atoms with Crippen molar-refractivity contribution in [3.8, 4) is 5.88 Å². The average Bonchev–Trinajstić information content (AvgIpc) is 3.03. The van der Waals surface area contributed by atoms with Gasteiger partial charge in [0.15, 0.2) is 9.84 Å². The Balaban J connectivity index is 1.85. The third-order valence-electron chi connectivity index (χ3n) is 4.73.